The first-order valence-corrected chi connectivity index (χ1v) is 6.08. The van der Waals surface area contributed by atoms with Crippen molar-refractivity contribution in [3.05, 3.63) is 29.3 Å². The van der Waals surface area contributed by atoms with E-state index in [0.29, 0.717) is 5.69 Å². The van der Waals surface area contributed by atoms with Gasteiger partial charge in [-0.1, -0.05) is 5.16 Å². The van der Waals surface area contributed by atoms with E-state index in [2.05, 4.69) is 5.16 Å². The Morgan fingerprint density at radius 1 is 1.33 bits per heavy atom. The average Bonchev–Trinajstić information content (AvgIpc) is 2.43. The van der Waals surface area contributed by atoms with Crippen molar-refractivity contribution in [2.45, 2.75) is 25.6 Å². The molecule has 5 nitrogen and oxygen atoms in total. The van der Waals surface area contributed by atoms with Crippen LogP contribution in [0.5, 0.6) is 0 Å². The number of hydrogen-bond donors (Lipinski definition) is 3. The van der Waals surface area contributed by atoms with Crippen LogP contribution in [0, 0.1) is 0 Å². The zero-order chi connectivity index (χ0) is 16.4. The maximum atomic E-state index is 12.8. The molecule has 0 aliphatic heterocycles. The Kier molecular flexibility index (Phi) is 4.72. The van der Waals surface area contributed by atoms with E-state index in [0.717, 1.165) is 12.1 Å². The van der Waals surface area contributed by atoms with Gasteiger partial charge in [-0.15, -0.1) is 0 Å². The number of anilines is 1. The highest BCUT2D eigenvalue weighted by molar-refractivity contribution is 6.02. The van der Waals surface area contributed by atoms with E-state index in [-0.39, 0.29) is 12.2 Å². The van der Waals surface area contributed by atoms with Crippen molar-refractivity contribution in [1.29, 1.82) is 0 Å². The number of nitrogens with two attached hydrogens (primary N) is 1. The fraction of sp³-hybridized carbons (Fsp3) is 0.462. The number of aliphatic hydroxyl groups excluding tert-OH is 1. The molecule has 0 fully saturated rings. The van der Waals surface area contributed by atoms with Crippen molar-refractivity contribution >= 4 is 11.5 Å². The molecule has 8 heteroatoms. The van der Waals surface area contributed by atoms with Crippen LogP contribution in [0.2, 0.25) is 0 Å². The summed E-state index contributed by atoms with van der Waals surface area (Å²) in [6.45, 7) is 3.20. The van der Waals surface area contributed by atoms with Gasteiger partial charge in [-0.3, -0.25) is 0 Å². The lowest BCUT2D eigenvalue weighted by atomic mass is 10.00. The van der Waals surface area contributed by atoms with Crippen molar-refractivity contribution in [3.8, 4) is 0 Å². The Labute approximate surface area is 120 Å². The highest BCUT2D eigenvalue weighted by Crippen LogP contribution is 2.34. The van der Waals surface area contributed by atoms with E-state index in [1.165, 1.54) is 6.07 Å². The van der Waals surface area contributed by atoms with Gasteiger partial charge in [-0.25, -0.2) is 0 Å². The summed E-state index contributed by atoms with van der Waals surface area (Å²) in [5.41, 5.74) is 4.10. The number of rotatable bonds is 4. The van der Waals surface area contributed by atoms with Gasteiger partial charge in [-0.2, -0.15) is 13.2 Å². The molecule has 1 aromatic carbocycles. The molecule has 21 heavy (non-hydrogen) atoms. The summed E-state index contributed by atoms with van der Waals surface area (Å²) in [5, 5.41) is 20.9. The Balaban J connectivity index is 3.47. The van der Waals surface area contributed by atoms with Crippen LogP contribution >= 0.6 is 0 Å². The summed E-state index contributed by atoms with van der Waals surface area (Å²) in [5.74, 6) is -0.434. The number of alkyl halides is 3. The molecule has 0 aromatic heterocycles. The third-order valence-corrected chi connectivity index (χ3v) is 3.36. The maximum absolute atomic E-state index is 12.8. The molecule has 0 aliphatic carbocycles. The van der Waals surface area contributed by atoms with Crippen molar-refractivity contribution in [1.82, 2.24) is 0 Å². The predicted molar refractivity (Wildman–Crippen MR) is 73.5 cm³/mol. The molecule has 0 atom stereocenters. The molecule has 0 aliphatic rings. The SMILES string of the molecule is CN(c1ccc(C(F)(F)F)cc1/C(N)=N/O)C(C)(C)CO. The lowest BCUT2D eigenvalue weighted by Crippen LogP contribution is -2.45. The van der Waals surface area contributed by atoms with E-state index in [4.69, 9.17) is 10.9 Å². The lowest BCUT2D eigenvalue weighted by molar-refractivity contribution is -0.137. The van der Waals surface area contributed by atoms with Crippen LogP contribution in [0.4, 0.5) is 18.9 Å². The second-order valence-corrected chi connectivity index (χ2v) is 5.24. The Morgan fingerprint density at radius 3 is 2.33 bits per heavy atom. The summed E-state index contributed by atoms with van der Waals surface area (Å²) >= 11 is 0. The molecule has 0 saturated carbocycles. The Morgan fingerprint density at radius 2 is 1.90 bits per heavy atom. The summed E-state index contributed by atoms with van der Waals surface area (Å²) in [6, 6.07) is 2.95. The van der Waals surface area contributed by atoms with Crippen molar-refractivity contribution in [3.63, 3.8) is 0 Å². The molecule has 0 saturated heterocycles. The minimum absolute atomic E-state index is 0.0589. The minimum atomic E-state index is -4.53. The molecule has 4 N–H and O–H groups in total. The maximum Gasteiger partial charge on any atom is 0.416 e. The zero-order valence-corrected chi connectivity index (χ0v) is 11.9. The van der Waals surface area contributed by atoms with Crippen molar-refractivity contribution < 1.29 is 23.5 Å². The first kappa shape index (κ1) is 17.1. The van der Waals surface area contributed by atoms with Crippen LogP contribution in [0.15, 0.2) is 23.4 Å². The van der Waals surface area contributed by atoms with Crippen LogP contribution in [-0.2, 0) is 6.18 Å². The van der Waals surface area contributed by atoms with Gasteiger partial charge in [0.05, 0.1) is 17.7 Å². The number of aliphatic hydroxyl groups is 1. The monoisotopic (exact) mass is 305 g/mol. The van der Waals surface area contributed by atoms with Gasteiger partial charge >= 0.3 is 6.18 Å². The first-order valence-electron chi connectivity index (χ1n) is 6.08. The van der Waals surface area contributed by atoms with E-state index in [1.54, 1.807) is 25.8 Å². The quantitative estimate of drug-likeness (QED) is 0.344. The highest BCUT2D eigenvalue weighted by Gasteiger charge is 2.33. The number of nitrogens with zero attached hydrogens (tertiary/aromatic N) is 2. The fourth-order valence-electron chi connectivity index (χ4n) is 1.70. The molecule has 118 valence electrons. The number of hydrogen-bond acceptors (Lipinski definition) is 4. The van der Waals surface area contributed by atoms with Crippen molar-refractivity contribution in [2.75, 3.05) is 18.6 Å². The second-order valence-electron chi connectivity index (χ2n) is 5.24. The fourth-order valence-corrected chi connectivity index (χ4v) is 1.70. The molecule has 0 bridgehead atoms. The van der Waals surface area contributed by atoms with E-state index in [9.17, 15) is 18.3 Å². The molecular weight excluding hydrogens is 287 g/mol. The topological polar surface area (TPSA) is 82.1 Å². The summed E-state index contributed by atoms with van der Waals surface area (Å²) in [7, 11) is 1.60. The van der Waals surface area contributed by atoms with Gasteiger partial charge in [0.15, 0.2) is 5.84 Å². The number of halogens is 3. The Hall–Kier alpha value is -1.96. The standard InChI is InChI=1S/C13H18F3N3O2/c1-12(2,7-20)19(3)10-5-4-8(13(14,15)16)6-9(10)11(17)18-21/h4-6,20-21H,7H2,1-3H3,(H2,17,18). The molecular formula is C13H18F3N3O2. The van der Waals surface area contributed by atoms with Crippen molar-refractivity contribution in [2.24, 2.45) is 10.9 Å². The average molecular weight is 305 g/mol. The third kappa shape index (κ3) is 3.57. The summed E-state index contributed by atoms with van der Waals surface area (Å²) in [4.78, 5) is 1.57. The smallest absolute Gasteiger partial charge is 0.409 e. The molecule has 0 spiro atoms. The van der Waals surface area contributed by atoms with Gasteiger partial charge in [0.1, 0.15) is 0 Å². The van der Waals surface area contributed by atoms with Crippen LogP contribution in [0.3, 0.4) is 0 Å². The molecule has 1 aromatic rings. The largest absolute Gasteiger partial charge is 0.416 e. The summed E-state index contributed by atoms with van der Waals surface area (Å²) in [6.07, 6.45) is -4.53. The van der Waals surface area contributed by atoms with Gasteiger partial charge < -0.3 is 20.9 Å². The minimum Gasteiger partial charge on any atom is -0.409 e. The Bertz CT molecular complexity index is 542. The summed E-state index contributed by atoms with van der Waals surface area (Å²) < 4.78 is 38.3. The van der Waals surface area contributed by atoms with Crippen LogP contribution in [0.25, 0.3) is 0 Å². The lowest BCUT2D eigenvalue weighted by Gasteiger charge is -2.37. The number of likely N-dealkylation sites (N-methyl/N-ethyl adjacent to an activating group) is 1. The number of amidine groups is 1. The van der Waals surface area contributed by atoms with E-state index < -0.39 is 23.1 Å². The van der Waals surface area contributed by atoms with E-state index in [1.807, 2.05) is 0 Å². The molecule has 0 unspecified atom stereocenters. The number of benzene rings is 1. The molecule has 1 rings (SSSR count). The molecule has 0 heterocycles. The van der Waals surface area contributed by atoms with Crippen LogP contribution in [-0.4, -0.2) is 35.3 Å². The molecule has 0 radical (unpaired) electrons. The van der Waals surface area contributed by atoms with Gasteiger partial charge in [0, 0.05) is 18.3 Å². The second kappa shape index (κ2) is 5.80. The highest BCUT2D eigenvalue weighted by atomic mass is 19.4. The van der Waals surface area contributed by atoms with Crippen LogP contribution < -0.4 is 10.6 Å². The number of oxime groups is 1. The van der Waals surface area contributed by atoms with Gasteiger partial charge in [-0.05, 0) is 32.0 Å². The van der Waals surface area contributed by atoms with Gasteiger partial charge in [0.25, 0.3) is 0 Å². The van der Waals surface area contributed by atoms with Gasteiger partial charge in [0.2, 0.25) is 0 Å². The third-order valence-electron chi connectivity index (χ3n) is 3.36. The molecule has 0 amide bonds. The zero-order valence-electron chi connectivity index (χ0n) is 11.9. The van der Waals surface area contributed by atoms with Crippen LogP contribution in [0.1, 0.15) is 25.0 Å². The van der Waals surface area contributed by atoms with E-state index >= 15 is 0 Å². The normalized spacial score (nSPS) is 13.4. The first-order chi connectivity index (χ1) is 9.54. The predicted octanol–water partition coefficient (Wildman–Crippen LogP) is 2.01.